The normalized spacial score (nSPS) is 25.3. The van der Waals surface area contributed by atoms with E-state index in [1.54, 1.807) is 6.07 Å². The molecule has 0 aliphatic carbocycles. The van der Waals surface area contributed by atoms with Gasteiger partial charge in [0, 0.05) is 31.7 Å². The summed E-state index contributed by atoms with van der Waals surface area (Å²) < 4.78 is 27.4. The van der Waals surface area contributed by atoms with Crippen LogP contribution in [0.25, 0.3) is 0 Å². The van der Waals surface area contributed by atoms with Crippen LogP contribution in [0.5, 0.6) is 0 Å². The minimum atomic E-state index is -3.67. The van der Waals surface area contributed by atoms with Crippen LogP contribution in [0.1, 0.15) is 49.9 Å². The van der Waals surface area contributed by atoms with Gasteiger partial charge in [-0.25, -0.2) is 8.42 Å². The second-order valence-corrected chi connectivity index (χ2v) is 10.1. The molecule has 0 spiro atoms. The van der Waals surface area contributed by atoms with E-state index in [9.17, 15) is 13.2 Å². The Hall–Kier alpha value is -1.11. The molecule has 2 aliphatic rings. The Kier molecular flexibility index (Phi) is 5.94. The minimum absolute atomic E-state index is 0.0463. The molecule has 0 unspecified atom stereocenters. The van der Waals surface area contributed by atoms with Crippen molar-refractivity contribution < 1.29 is 13.2 Å². The molecule has 1 amide bonds. The Bertz CT molecular complexity index is 765. The van der Waals surface area contributed by atoms with Gasteiger partial charge >= 0.3 is 0 Å². The number of piperidine rings is 2. The largest absolute Gasteiger partial charge is 0.338 e. The third-order valence-electron chi connectivity index (χ3n) is 5.27. The zero-order valence-electron chi connectivity index (χ0n) is 15.4. The molecule has 3 rings (SSSR count). The molecule has 0 radical (unpaired) electrons. The van der Waals surface area contributed by atoms with E-state index in [1.165, 1.54) is 16.4 Å². The summed E-state index contributed by atoms with van der Waals surface area (Å²) in [5.41, 5.74) is 0.395. The number of hydrogen-bond acceptors (Lipinski definition) is 3. The quantitative estimate of drug-likeness (QED) is 0.781. The number of carbonyl (C=O) groups is 1. The Labute approximate surface area is 161 Å². The first-order valence-corrected chi connectivity index (χ1v) is 11.2. The van der Waals surface area contributed by atoms with Gasteiger partial charge in [0.2, 0.25) is 10.0 Å². The highest BCUT2D eigenvalue weighted by molar-refractivity contribution is 7.89. The molecule has 2 heterocycles. The summed E-state index contributed by atoms with van der Waals surface area (Å²) in [6, 6.07) is 4.62. The second kappa shape index (κ2) is 7.87. The van der Waals surface area contributed by atoms with E-state index in [-0.39, 0.29) is 15.8 Å². The van der Waals surface area contributed by atoms with Gasteiger partial charge in [0.05, 0.1) is 5.02 Å². The fourth-order valence-corrected chi connectivity index (χ4v) is 6.11. The first kappa shape index (κ1) is 19.6. The lowest BCUT2D eigenvalue weighted by Crippen LogP contribution is -2.42. The van der Waals surface area contributed by atoms with Crippen molar-refractivity contribution in [3.05, 3.63) is 28.8 Å². The molecule has 0 N–H and O–H groups in total. The van der Waals surface area contributed by atoms with Crippen LogP contribution in [-0.2, 0) is 10.0 Å². The van der Waals surface area contributed by atoms with Crippen LogP contribution < -0.4 is 0 Å². The maximum absolute atomic E-state index is 13.0. The number of nitrogens with zero attached hydrogens (tertiary/aromatic N) is 2. The molecule has 2 aliphatic heterocycles. The van der Waals surface area contributed by atoms with Gasteiger partial charge in [0.1, 0.15) is 4.90 Å². The molecule has 0 aromatic heterocycles. The van der Waals surface area contributed by atoms with Gasteiger partial charge in [-0.1, -0.05) is 31.9 Å². The number of carbonyl (C=O) groups excluding carboxylic acids is 1. The van der Waals surface area contributed by atoms with Crippen LogP contribution in [-0.4, -0.2) is 49.7 Å². The topological polar surface area (TPSA) is 57.7 Å². The number of sulfonamides is 1. The number of rotatable bonds is 3. The standard InChI is InChI=1S/C19H27ClN2O3S/c1-14-10-15(2)13-21(12-14)19(23)16-6-7-17(20)18(11-16)26(24,25)22-8-4-3-5-9-22/h6-7,11,14-15H,3-5,8-10,12-13H2,1-2H3/t14-,15-/m0/s1. The first-order chi connectivity index (χ1) is 12.3. The molecule has 1 aromatic rings. The second-order valence-electron chi connectivity index (χ2n) is 7.77. The van der Waals surface area contributed by atoms with Crippen LogP contribution >= 0.6 is 11.6 Å². The number of benzene rings is 1. The number of hydrogen-bond donors (Lipinski definition) is 0. The SMILES string of the molecule is C[C@H]1C[C@H](C)CN(C(=O)c2ccc(Cl)c(S(=O)(=O)N3CCCCC3)c2)C1. The summed E-state index contributed by atoms with van der Waals surface area (Å²) in [4.78, 5) is 14.8. The van der Waals surface area contributed by atoms with Crippen molar-refractivity contribution in [1.82, 2.24) is 9.21 Å². The Morgan fingerprint density at radius 3 is 2.31 bits per heavy atom. The monoisotopic (exact) mass is 398 g/mol. The maximum Gasteiger partial charge on any atom is 0.253 e. The Morgan fingerprint density at radius 2 is 1.69 bits per heavy atom. The molecule has 0 bridgehead atoms. The van der Waals surface area contributed by atoms with Crippen LogP contribution in [0.2, 0.25) is 5.02 Å². The van der Waals surface area contributed by atoms with Gasteiger partial charge in [-0.3, -0.25) is 4.79 Å². The predicted octanol–water partition coefficient (Wildman–Crippen LogP) is 3.63. The number of halogens is 1. The number of likely N-dealkylation sites (tertiary alicyclic amines) is 1. The van der Waals surface area contributed by atoms with E-state index in [1.807, 2.05) is 4.90 Å². The molecule has 2 fully saturated rings. The lowest BCUT2D eigenvalue weighted by molar-refractivity contribution is 0.0623. The Balaban J connectivity index is 1.88. The van der Waals surface area contributed by atoms with Gasteiger partial charge in [0.25, 0.3) is 5.91 Å². The molecule has 5 nitrogen and oxygen atoms in total. The first-order valence-electron chi connectivity index (χ1n) is 9.38. The smallest absolute Gasteiger partial charge is 0.253 e. The van der Waals surface area contributed by atoms with E-state index in [0.29, 0.717) is 43.6 Å². The maximum atomic E-state index is 13.0. The third kappa shape index (κ3) is 4.07. The molecular weight excluding hydrogens is 372 g/mol. The molecule has 2 atom stereocenters. The lowest BCUT2D eigenvalue weighted by Gasteiger charge is -2.35. The van der Waals surface area contributed by atoms with Gasteiger partial charge in [-0.2, -0.15) is 4.31 Å². The average Bonchev–Trinajstić information content (AvgIpc) is 2.61. The fraction of sp³-hybridized carbons (Fsp3) is 0.632. The van der Waals surface area contributed by atoms with Crippen LogP contribution in [0.4, 0.5) is 0 Å². The minimum Gasteiger partial charge on any atom is -0.338 e. The van der Waals surface area contributed by atoms with Crippen molar-refractivity contribution >= 4 is 27.5 Å². The van der Waals surface area contributed by atoms with Crippen molar-refractivity contribution in [3.8, 4) is 0 Å². The van der Waals surface area contributed by atoms with Crippen LogP contribution in [0.15, 0.2) is 23.1 Å². The van der Waals surface area contributed by atoms with E-state index < -0.39 is 10.0 Å². The van der Waals surface area contributed by atoms with Gasteiger partial charge in [0.15, 0.2) is 0 Å². The number of amides is 1. The van der Waals surface area contributed by atoms with Crippen molar-refractivity contribution in [2.75, 3.05) is 26.2 Å². The molecule has 0 saturated carbocycles. The summed E-state index contributed by atoms with van der Waals surface area (Å²) >= 11 is 6.21. The molecule has 7 heteroatoms. The van der Waals surface area contributed by atoms with Crippen LogP contribution in [0, 0.1) is 11.8 Å². The van der Waals surface area contributed by atoms with Crippen molar-refractivity contribution in [2.45, 2.75) is 44.4 Å². The highest BCUT2D eigenvalue weighted by atomic mass is 35.5. The average molecular weight is 399 g/mol. The predicted molar refractivity (Wildman–Crippen MR) is 103 cm³/mol. The molecule has 1 aromatic carbocycles. The lowest BCUT2D eigenvalue weighted by atomic mass is 9.91. The Morgan fingerprint density at radius 1 is 1.08 bits per heavy atom. The van der Waals surface area contributed by atoms with E-state index in [4.69, 9.17) is 11.6 Å². The third-order valence-corrected chi connectivity index (χ3v) is 7.65. The van der Waals surface area contributed by atoms with E-state index in [2.05, 4.69) is 13.8 Å². The summed E-state index contributed by atoms with van der Waals surface area (Å²) in [7, 11) is -3.67. The summed E-state index contributed by atoms with van der Waals surface area (Å²) in [6.45, 7) is 6.73. The van der Waals surface area contributed by atoms with Crippen LogP contribution in [0.3, 0.4) is 0 Å². The highest BCUT2D eigenvalue weighted by Crippen LogP contribution is 2.29. The van der Waals surface area contributed by atoms with E-state index >= 15 is 0 Å². The van der Waals surface area contributed by atoms with Gasteiger partial charge in [-0.05, 0) is 49.3 Å². The fourth-order valence-electron chi connectivity index (χ4n) is 4.09. The summed E-state index contributed by atoms with van der Waals surface area (Å²) in [5.74, 6) is 0.785. The highest BCUT2D eigenvalue weighted by Gasteiger charge is 2.30. The summed E-state index contributed by atoms with van der Waals surface area (Å²) in [5, 5.41) is 0.174. The van der Waals surface area contributed by atoms with Crippen molar-refractivity contribution in [2.24, 2.45) is 11.8 Å². The van der Waals surface area contributed by atoms with Gasteiger partial charge in [-0.15, -0.1) is 0 Å². The molecular formula is C19H27ClN2O3S. The van der Waals surface area contributed by atoms with E-state index in [0.717, 1.165) is 25.7 Å². The van der Waals surface area contributed by atoms with Crippen molar-refractivity contribution in [3.63, 3.8) is 0 Å². The zero-order valence-corrected chi connectivity index (χ0v) is 17.0. The molecule has 2 saturated heterocycles. The molecule has 144 valence electrons. The van der Waals surface area contributed by atoms with Crippen molar-refractivity contribution in [1.29, 1.82) is 0 Å². The summed E-state index contributed by atoms with van der Waals surface area (Å²) in [6.07, 6.45) is 3.88. The zero-order chi connectivity index (χ0) is 18.9. The van der Waals surface area contributed by atoms with Gasteiger partial charge < -0.3 is 4.90 Å². The molecule has 26 heavy (non-hydrogen) atoms.